The zero-order valence-corrected chi connectivity index (χ0v) is 12.2. The van der Waals surface area contributed by atoms with Gasteiger partial charge in [-0.2, -0.15) is 11.8 Å². The fourth-order valence-corrected chi connectivity index (χ4v) is 3.21. The second kappa shape index (κ2) is 5.03. The van der Waals surface area contributed by atoms with Crippen LogP contribution in [0, 0.1) is 6.92 Å². The van der Waals surface area contributed by atoms with E-state index in [1.54, 1.807) is 0 Å². The van der Waals surface area contributed by atoms with Gasteiger partial charge in [0.15, 0.2) is 0 Å². The molecule has 0 aromatic heterocycles. The summed E-state index contributed by atoms with van der Waals surface area (Å²) in [4.78, 5) is 0. The molecule has 0 saturated carbocycles. The maximum atomic E-state index is 3.63. The fourth-order valence-electron chi connectivity index (χ4n) is 2.25. The number of rotatable bonds is 1. The molecule has 1 N–H and O–H groups in total. The lowest BCUT2D eigenvalue weighted by Gasteiger charge is -2.27. The van der Waals surface area contributed by atoms with Crippen LogP contribution >= 0.6 is 11.8 Å². The van der Waals surface area contributed by atoms with E-state index >= 15 is 0 Å². The molecule has 94 valence electrons. The smallest absolute Gasteiger partial charge is 0.0414 e. The van der Waals surface area contributed by atoms with E-state index in [4.69, 9.17) is 0 Å². The summed E-state index contributed by atoms with van der Waals surface area (Å²) in [5.74, 6) is 2.45. The van der Waals surface area contributed by atoms with Crippen LogP contribution in [-0.4, -0.2) is 18.1 Å². The van der Waals surface area contributed by atoms with Crippen molar-refractivity contribution in [1.29, 1.82) is 0 Å². The molecule has 0 bridgehead atoms. The Morgan fingerprint density at radius 1 is 1.29 bits per heavy atom. The van der Waals surface area contributed by atoms with Crippen LogP contribution in [0.2, 0.25) is 0 Å². The summed E-state index contributed by atoms with van der Waals surface area (Å²) in [5, 5.41) is 3.63. The molecule has 1 unspecified atom stereocenters. The highest BCUT2D eigenvalue weighted by atomic mass is 32.2. The van der Waals surface area contributed by atoms with Crippen molar-refractivity contribution < 1.29 is 0 Å². The minimum absolute atomic E-state index is 0.240. The molecule has 1 aliphatic rings. The van der Waals surface area contributed by atoms with E-state index in [0.717, 1.165) is 6.54 Å². The van der Waals surface area contributed by atoms with Crippen molar-refractivity contribution in [1.82, 2.24) is 5.32 Å². The first-order valence-electron chi connectivity index (χ1n) is 6.40. The first-order valence-corrected chi connectivity index (χ1v) is 7.56. The maximum Gasteiger partial charge on any atom is 0.0414 e. The van der Waals surface area contributed by atoms with Gasteiger partial charge in [0.05, 0.1) is 0 Å². The summed E-state index contributed by atoms with van der Waals surface area (Å²) in [6.45, 7) is 10.2. The molecule has 1 fully saturated rings. The summed E-state index contributed by atoms with van der Waals surface area (Å²) in [5.41, 5.74) is 4.59. The number of hydrogen-bond acceptors (Lipinski definition) is 2. The van der Waals surface area contributed by atoms with Crippen LogP contribution < -0.4 is 5.32 Å². The quantitative estimate of drug-likeness (QED) is 0.815. The van der Waals surface area contributed by atoms with Gasteiger partial charge in [-0.3, -0.25) is 0 Å². The third-order valence-corrected chi connectivity index (χ3v) is 4.50. The average Bonchev–Trinajstić information content (AvgIpc) is 2.29. The topological polar surface area (TPSA) is 12.0 Å². The van der Waals surface area contributed by atoms with Crippen LogP contribution in [0.25, 0.3) is 0 Å². The van der Waals surface area contributed by atoms with E-state index < -0.39 is 0 Å². The Kier molecular flexibility index (Phi) is 3.84. The largest absolute Gasteiger partial charge is 0.308 e. The van der Waals surface area contributed by atoms with Gasteiger partial charge < -0.3 is 5.32 Å². The minimum Gasteiger partial charge on any atom is -0.308 e. The summed E-state index contributed by atoms with van der Waals surface area (Å²) >= 11 is 2.06. The van der Waals surface area contributed by atoms with Crippen LogP contribution in [0.1, 0.15) is 43.5 Å². The molecular weight excluding hydrogens is 226 g/mol. The molecule has 1 aromatic rings. The average molecular weight is 249 g/mol. The standard InChI is InChI=1S/C15H23NS/c1-11-5-6-12(15(2,3)4)9-13(11)14-10-17-8-7-16-14/h5-6,9,14,16H,7-8,10H2,1-4H3. The van der Waals surface area contributed by atoms with Gasteiger partial charge in [-0.25, -0.2) is 0 Å². The normalized spacial score (nSPS) is 21.5. The van der Waals surface area contributed by atoms with Gasteiger partial charge in [0.1, 0.15) is 0 Å². The number of thioether (sulfide) groups is 1. The molecule has 17 heavy (non-hydrogen) atoms. The van der Waals surface area contributed by atoms with E-state index in [9.17, 15) is 0 Å². The van der Waals surface area contributed by atoms with Gasteiger partial charge in [-0.05, 0) is 29.0 Å². The van der Waals surface area contributed by atoms with Crippen LogP contribution in [0.5, 0.6) is 0 Å². The van der Waals surface area contributed by atoms with Crippen LogP contribution in [0.15, 0.2) is 18.2 Å². The van der Waals surface area contributed by atoms with Gasteiger partial charge in [0.25, 0.3) is 0 Å². The van der Waals surface area contributed by atoms with Gasteiger partial charge >= 0.3 is 0 Å². The molecule has 1 nitrogen and oxygen atoms in total. The van der Waals surface area contributed by atoms with Gasteiger partial charge in [-0.1, -0.05) is 39.0 Å². The zero-order chi connectivity index (χ0) is 12.5. The Morgan fingerprint density at radius 3 is 2.65 bits per heavy atom. The summed E-state index contributed by atoms with van der Waals surface area (Å²) < 4.78 is 0. The van der Waals surface area contributed by atoms with Gasteiger partial charge in [-0.15, -0.1) is 0 Å². The number of hydrogen-bond donors (Lipinski definition) is 1. The summed E-state index contributed by atoms with van der Waals surface area (Å²) in [6, 6.07) is 7.49. The van der Waals surface area contributed by atoms with E-state index in [0.29, 0.717) is 6.04 Å². The SMILES string of the molecule is Cc1ccc(C(C)(C)C)cc1C1CSCCN1. The first kappa shape index (κ1) is 13.0. The fraction of sp³-hybridized carbons (Fsp3) is 0.600. The Bertz CT molecular complexity index is 386. The highest BCUT2D eigenvalue weighted by Crippen LogP contribution is 2.29. The van der Waals surface area contributed by atoms with E-state index in [-0.39, 0.29) is 5.41 Å². The van der Waals surface area contributed by atoms with E-state index in [1.165, 1.54) is 28.2 Å². The molecule has 0 amide bonds. The molecule has 1 saturated heterocycles. The van der Waals surface area contributed by atoms with Crippen molar-refractivity contribution in [3.63, 3.8) is 0 Å². The third kappa shape index (κ3) is 3.05. The Balaban J connectivity index is 2.31. The highest BCUT2D eigenvalue weighted by molar-refractivity contribution is 7.99. The van der Waals surface area contributed by atoms with Crippen molar-refractivity contribution in [2.45, 2.75) is 39.2 Å². The monoisotopic (exact) mass is 249 g/mol. The summed E-state index contributed by atoms with van der Waals surface area (Å²) in [6.07, 6.45) is 0. The van der Waals surface area contributed by atoms with Gasteiger partial charge in [0, 0.05) is 24.1 Å². The van der Waals surface area contributed by atoms with Crippen molar-refractivity contribution in [2.75, 3.05) is 18.1 Å². The van der Waals surface area contributed by atoms with E-state index in [1.807, 2.05) is 0 Å². The predicted octanol–water partition coefficient (Wildman–Crippen LogP) is 3.67. The molecule has 1 aromatic carbocycles. The van der Waals surface area contributed by atoms with Crippen LogP contribution in [-0.2, 0) is 5.41 Å². The molecule has 2 rings (SSSR count). The first-order chi connectivity index (χ1) is 7.98. The van der Waals surface area contributed by atoms with Crippen molar-refractivity contribution in [2.24, 2.45) is 0 Å². The molecule has 0 spiro atoms. The van der Waals surface area contributed by atoms with Crippen molar-refractivity contribution in [3.8, 4) is 0 Å². The lowest BCUT2D eigenvalue weighted by Crippen LogP contribution is -2.31. The third-order valence-electron chi connectivity index (χ3n) is 3.44. The summed E-state index contributed by atoms with van der Waals surface area (Å²) in [7, 11) is 0. The lowest BCUT2D eigenvalue weighted by molar-refractivity contribution is 0.573. The van der Waals surface area contributed by atoms with Crippen LogP contribution in [0.3, 0.4) is 0 Å². The zero-order valence-electron chi connectivity index (χ0n) is 11.3. The van der Waals surface area contributed by atoms with E-state index in [2.05, 4.69) is 63.0 Å². The molecule has 0 aliphatic carbocycles. The molecular formula is C15H23NS. The number of aryl methyl sites for hydroxylation is 1. The minimum atomic E-state index is 0.240. The molecule has 0 radical (unpaired) electrons. The lowest BCUT2D eigenvalue weighted by atomic mass is 9.84. The highest BCUT2D eigenvalue weighted by Gasteiger charge is 2.20. The Labute approximate surface area is 109 Å². The Morgan fingerprint density at radius 2 is 2.06 bits per heavy atom. The number of benzene rings is 1. The predicted molar refractivity (Wildman–Crippen MR) is 77.9 cm³/mol. The molecule has 2 heteroatoms. The molecule has 1 aliphatic heterocycles. The molecule has 1 heterocycles. The second-order valence-corrected chi connectivity index (χ2v) is 7.05. The molecule has 1 atom stereocenters. The second-order valence-electron chi connectivity index (χ2n) is 5.90. The van der Waals surface area contributed by atoms with Gasteiger partial charge in [0.2, 0.25) is 0 Å². The Hall–Kier alpha value is -0.470. The maximum absolute atomic E-state index is 3.63. The number of nitrogens with one attached hydrogen (secondary N) is 1. The van der Waals surface area contributed by atoms with Crippen molar-refractivity contribution >= 4 is 11.8 Å². The van der Waals surface area contributed by atoms with Crippen molar-refractivity contribution in [3.05, 3.63) is 34.9 Å². The van der Waals surface area contributed by atoms with Crippen LogP contribution in [0.4, 0.5) is 0 Å².